The number of carbonyl (C=O) groups excluding carboxylic acids is 2. The maximum atomic E-state index is 13.1. The first-order chi connectivity index (χ1) is 13.8. The summed E-state index contributed by atoms with van der Waals surface area (Å²) in [5, 5.41) is 0.542. The zero-order chi connectivity index (χ0) is 21.1. The Labute approximate surface area is 177 Å². The van der Waals surface area contributed by atoms with E-state index in [0.717, 1.165) is 16.7 Å². The van der Waals surface area contributed by atoms with E-state index in [1.807, 2.05) is 70.2 Å². The number of carbonyl (C=O) groups is 2. The molecule has 1 heterocycles. The Morgan fingerprint density at radius 3 is 2.41 bits per heavy atom. The molecule has 0 saturated carbocycles. The van der Waals surface area contributed by atoms with Crippen LogP contribution in [0.1, 0.15) is 49.8 Å². The van der Waals surface area contributed by atoms with Crippen LogP contribution in [0.4, 0.5) is 0 Å². The molecule has 1 amide bonds. The molecule has 5 heteroatoms. The molecule has 0 spiro atoms. The number of amides is 1. The quantitative estimate of drug-likeness (QED) is 0.619. The number of allylic oxidation sites excluding steroid dienone is 1. The summed E-state index contributed by atoms with van der Waals surface area (Å²) >= 11 is 6.41. The highest BCUT2D eigenvalue weighted by atomic mass is 35.5. The van der Waals surface area contributed by atoms with Crippen molar-refractivity contribution in [2.75, 3.05) is 0 Å². The number of esters is 1. The minimum absolute atomic E-state index is 0.0332. The molecule has 2 aromatic rings. The normalized spacial score (nSPS) is 17.1. The molecule has 0 bridgehead atoms. The van der Waals surface area contributed by atoms with Crippen LogP contribution >= 0.6 is 11.6 Å². The second-order valence-corrected chi connectivity index (χ2v) is 8.10. The van der Waals surface area contributed by atoms with Gasteiger partial charge < -0.3 is 9.64 Å². The van der Waals surface area contributed by atoms with Crippen molar-refractivity contribution in [3.05, 3.63) is 81.5 Å². The molecule has 0 aromatic heterocycles. The Morgan fingerprint density at radius 2 is 1.79 bits per heavy atom. The molecule has 3 rings (SSSR count). The smallest absolute Gasteiger partial charge is 0.336 e. The molecule has 0 N–H and O–H groups in total. The monoisotopic (exact) mass is 411 g/mol. The molecule has 0 radical (unpaired) electrons. The van der Waals surface area contributed by atoms with Crippen molar-refractivity contribution < 1.29 is 14.3 Å². The van der Waals surface area contributed by atoms with E-state index in [0.29, 0.717) is 22.8 Å². The maximum absolute atomic E-state index is 13.1. The predicted octanol–water partition coefficient (Wildman–Crippen LogP) is 5.39. The standard InChI is InChI=1S/C24H26ClNO3/c1-15(2)29-24(28)23-17(4)26(14-18-11-9-16(3)10-12-18)22(27)13-20(23)19-7-5-6-8-21(19)25/h5-12,15,20H,13-14H2,1-4H3/t20-/m1/s1. The Morgan fingerprint density at radius 1 is 1.14 bits per heavy atom. The number of benzene rings is 2. The second-order valence-electron chi connectivity index (χ2n) is 7.70. The largest absolute Gasteiger partial charge is 0.460 e. The molecule has 0 saturated heterocycles. The van der Waals surface area contributed by atoms with Gasteiger partial charge in [0.2, 0.25) is 5.91 Å². The molecular weight excluding hydrogens is 386 g/mol. The molecule has 4 nitrogen and oxygen atoms in total. The van der Waals surface area contributed by atoms with Crippen molar-refractivity contribution >= 4 is 23.5 Å². The van der Waals surface area contributed by atoms with Gasteiger partial charge in [-0.3, -0.25) is 4.79 Å². The fourth-order valence-corrected chi connectivity index (χ4v) is 3.91. The van der Waals surface area contributed by atoms with Crippen molar-refractivity contribution in [2.45, 2.75) is 52.7 Å². The summed E-state index contributed by atoms with van der Waals surface area (Å²) in [4.78, 5) is 27.7. The highest BCUT2D eigenvalue weighted by Gasteiger charge is 2.37. The summed E-state index contributed by atoms with van der Waals surface area (Å²) in [5.74, 6) is -0.852. The van der Waals surface area contributed by atoms with Gasteiger partial charge in [0.15, 0.2) is 0 Å². The van der Waals surface area contributed by atoms with Crippen LogP contribution in [0.15, 0.2) is 59.8 Å². The van der Waals surface area contributed by atoms with Gasteiger partial charge in [-0.2, -0.15) is 0 Å². The van der Waals surface area contributed by atoms with Crippen molar-refractivity contribution in [1.82, 2.24) is 4.90 Å². The van der Waals surface area contributed by atoms with Gasteiger partial charge in [-0.05, 0) is 44.9 Å². The second kappa shape index (κ2) is 8.83. The first-order valence-electron chi connectivity index (χ1n) is 9.80. The first-order valence-corrected chi connectivity index (χ1v) is 10.2. The van der Waals surface area contributed by atoms with Crippen LogP contribution in [0.2, 0.25) is 5.02 Å². The van der Waals surface area contributed by atoms with Gasteiger partial charge in [0.1, 0.15) is 0 Å². The third-order valence-corrected chi connectivity index (χ3v) is 5.47. The topological polar surface area (TPSA) is 46.6 Å². The summed E-state index contributed by atoms with van der Waals surface area (Å²) in [6.45, 7) is 7.88. The third-order valence-electron chi connectivity index (χ3n) is 5.13. The lowest BCUT2D eigenvalue weighted by Crippen LogP contribution is -2.38. The highest BCUT2D eigenvalue weighted by Crippen LogP contribution is 2.40. The van der Waals surface area contributed by atoms with Crippen LogP contribution in [-0.2, 0) is 20.9 Å². The van der Waals surface area contributed by atoms with E-state index < -0.39 is 11.9 Å². The number of nitrogens with zero attached hydrogens (tertiary/aromatic N) is 1. The number of hydrogen-bond donors (Lipinski definition) is 0. The zero-order valence-corrected chi connectivity index (χ0v) is 18.0. The predicted molar refractivity (Wildman–Crippen MR) is 114 cm³/mol. The van der Waals surface area contributed by atoms with Gasteiger partial charge in [0.05, 0.1) is 18.2 Å². The zero-order valence-electron chi connectivity index (χ0n) is 17.2. The SMILES string of the molecule is CC1=C(C(=O)OC(C)C)[C@@H](c2ccccc2Cl)CC(=O)N1Cc1ccc(C)cc1. The summed E-state index contributed by atoms with van der Waals surface area (Å²) < 4.78 is 5.52. The van der Waals surface area contributed by atoms with E-state index in [9.17, 15) is 9.59 Å². The first kappa shape index (κ1) is 21.1. The third kappa shape index (κ3) is 4.70. The van der Waals surface area contributed by atoms with Crippen molar-refractivity contribution in [3.8, 4) is 0 Å². The number of hydrogen-bond acceptors (Lipinski definition) is 3. The van der Waals surface area contributed by atoms with Crippen LogP contribution in [-0.4, -0.2) is 22.9 Å². The number of rotatable bonds is 5. The summed E-state index contributed by atoms with van der Waals surface area (Å²) in [5.41, 5.74) is 4.06. The molecule has 29 heavy (non-hydrogen) atoms. The summed E-state index contributed by atoms with van der Waals surface area (Å²) in [6, 6.07) is 15.4. The number of halogens is 1. The fourth-order valence-electron chi connectivity index (χ4n) is 3.64. The van der Waals surface area contributed by atoms with Gasteiger partial charge in [-0.1, -0.05) is 59.6 Å². The van der Waals surface area contributed by atoms with Crippen molar-refractivity contribution in [2.24, 2.45) is 0 Å². The van der Waals surface area contributed by atoms with Gasteiger partial charge in [-0.25, -0.2) is 4.79 Å². The van der Waals surface area contributed by atoms with Crippen LogP contribution in [0.25, 0.3) is 0 Å². The highest BCUT2D eigenvalue weighted by molar-refractivity contribution is 6.31. The Kier molecular flexibility index (Phi) is 6.43. The van der Waals surface area contributed by atoms with Crippen LogP contribution < -0.4 is 0 Å². The van der Waals surface area contributed by atoms with E-state index in [4.69, 9.17) is 16.3 Å². The maximum Gasteiger partial charge on any atom is 0.336 e. The van der Waals surface area contributed by atoms with Gasteiger partial charge in [0.25, 0.3) is 0 Å². The van der Waals surface area contributed by atoms with E-state index >= 15 is 0 Å². The van der Waals surface area contributed by atoms with E-state index in [-0.39, 0.29) is 18.4 Å². The number of aryl methyl sites for hydroxylation is 1. The fraction of sp³-hybridized carbons (Fsp3) is 0.333. The van der Waals surface area contributed by atoms with Crippen molar-refractivity contribution in [1.29, 1.82) is 0 Å². The lowest BCUT2D eigenvalue weighted by molar-refractivity contribution is -0.143. The molecule has 0 aliphatic carbocycles. The minimum Gasteiger partial charge on any atom is -0.460 e. The van der Waals surface area contributed by atoms with Crippen LogP contribution in [0, 0.1) is 6.92 Å². The Bertz CT molecular complexity index is 947. The van der Waals surface area contributed by atoms with Gasteiger partial charge >= 0.3 is 5.97 Å². The van der Waals surface area contributed by atoms with Crippen molar-refractivity contribution in [3.63, 3.8) is 0 Å². The molecule has 152 valence electrons. The Balaban J connectivity index is 2.04. The van der Waals surface area contributed by atoms with Gasteiger partial charge in [0, 0.05) is 23.1 Å². The Hall–Kier alpha value is -2.59. The van der Waals surface area contributed by atoms with E-state index in [1.54, 1.807) is 11.0 Å². The van der Waals surface area contributed by atoms with Crippen LogP contribution in [0.3, 0.4) is 0 Å². The van der Waals surface area contributed by atoms with E-state index in [2.05, 4.69) is 0 Å². The lowest BCUT2D eigenvalue weighted by Gasteiger charge is -2.35. The summed E-state index contributed by atoms with van der Waals surface area (Å²) in [7, 11) is 0. The molecular formula is C24H26ClNO3. The van der Waals surface area contributed by atoms with E-state index in [1.165, 1.54) is 0 Å². The minimum atomic E-state index is -0.420. The molecule has 2 aromatic carbocycles. The average Bonchev–Trinajstić information content (AvgIpc) is 2.66. The lowest BCUT2D eigenvalue weighted by atomic mass is 9.83. The molecule has 1 aliphatic rings. The van der Waals surface area contributed by atoms with Crippen LogP contribution in [0.5, 0.6) is 0 Å². The molecule has 0 fully saturated rings. The molecule has 1 aliphatic heterocycles. The number of ether oxygens (including phenoxy) is 1. The summed E-state index contributed by atoms with van der Waals surface area (Å²) in [6.07, 6.45) is -0.0759. The van der Waals surface area contributed by atoms with Gasteiger partial charge in [-0.15, -0.1) is 0 Å². The molecule has 1 atom stereocenters. The average molecular weight is 412 g/mol. The molecule has 0 unspecified atom stereocenters.